The minimum absolute atomic E-state index is 0.0564. The number of nitrogens with zero attached hydrogens (tertiary/aromatic N) is 4. The van der Waals surface area contributed by atoms with Crippen LogP contribution in [0.25, 0.3) is 22.4 Å². The average molecular weight is 653 g/mol. The molecule has 1 aromatic heterocycles. The molecule has 0 aliphatic carbocycles. The SMILES string of the molecule is COc1cccc(-c2cccc(-c3nc(C(=O)N4CCN(Cc5ccccc5)CC4)cc4c3[C@@H](CCO)N([S@](=O)C(C)(C)C)C4)c2)c1. The number of amides is 1. The second-order valence-electron chi connectivity index (χ2n) is 13.3. The highest BCUT2D eigenvalue weighted by atomic mass is 32.2. The normalized spacial score (nSPS) is 17.8. The number of hydrogen-bond acceptors (Lipinski definition) is 6. The highest BCUT2D eigenvalue weighted by molar-refractivity contribution is 7.84. The Balaban J connectivity index is 1.37. The fourth-order valence-corrected chi connectivity index (χ4v) is 7.96. The largest absolute Gasteiger partial charge is 0.497 e. The molecule has 0 unspecified atom stereocenters. The summed E-state index contributed by atoms with van der Waals surface area (Å²) in [7, 11) is 0.320. The maximum absolute atomic E-state index is 14.1. The predicted octanol–water partition coefficient (Wildman–Crippen LogP) is 6.08. The van der Waals surface area contributed by atoms with Crippen molar-refractivity contribution in [1.29, 1.82) is 0 Å². The molecule has 3 aromatic carbocycles. The van der Waals surface area contributed by atoms with Gasteiger partial charge in [-0.15, -0.1) is 0 Å². The first-order chi connectivity index (χ1) is 22.7. The Morgan fingerprint density at radius 3 is 2.28 bits per heavy atom. The molecule has 9 heteroatoms. The van der Waals surface area contributed by atoms with Crippen LogP contribution in [0, 0.1) is 0 Å². The van der Waals surface area contributed by atoms with Gasteiger partial charge in [0.2, 0.25) is 0 Å². The number of carbonyl (C=O) groups excluding carboxylic acids is 1. The monoisotopic (exact) mass is 652 g/mol. The highest BCUT2D eigenvalue weighted by Gasteiger charge is 2.41. The highest BCUT2D eigenvalue weighted by Crippen LogP contribution is 2.44. The third kappa shape index (κ3) is 7.18. The van der Waals surface area contributed by atoms with Gasteiger partial charge in [-0.2, -0.15) is 0 Å². The number of aliphatic hydroxyl groups is 1. The number of methoxy groups -OCH3 is 1. The number of ether oxygens (including phenoxy) is 1. The Hall–Kier alpha value is -3.89. The Morgan fingerprint density at radius 1 is 0.915 bits per heavy atom. The van der Waals surface area contributed by atoms with E-state index >= 15 is 0 Å². The number of aliphatic hydroxyl groups excluding tert-OH is 1. The lowest BCUT2D eigenvalue weighted by Gasteiger charge is -2.34. The van der Waals surface area contributed by atoms with Crippen LogP contribution < -0.4 is 4.74 Å². The molecule has 8 nitrogen and oxygen atoms in total. The van der Waals surface area contributed by atoms with Gasteiger partial charge in [0.25, 0.3) is 5.91 Å². The minimum atomic E-state index is -1.34. The van der Waals surface area contributed by atoms with Gasteiger partial charge in [0.15, 0.2) is 0 Å². The van der Waals surface area contributed by atoms with Gasteiger partial charge in [-0.05, 0) is 73.7 Å². The number of benzene rings is 3. The molecule has 2 aliphatic heterocycles. The number of pyridine rings is 1. The lowest BCUT2D eigenvalue weighted by atomic mass is 9.94. The summed E-state index contributed by atoms with van der Waals surface area (Å²) in [4.78, 5) is 23.5. The quantitative estimate of drug-likeness (QED) is 0.236. The summed E-state index contributed by atoms with van der Waals surface area (Å²) < 4.78 is 20.8. The van der Waals surface area contributed by atoms with Crippen LogP contribution in [0.4, 0.5) is 0 Å². The van der Waals surface area contributed by atoms with Crippen molar-refractivity contribution in [2.24, 2.45) is 0 Å². The van der Waals surface area contributed by atoms with E-state index in [9.17, 15) is 14.1 Å². The maximum atomic E-state index is 14.1. The zero-order valence-corrected chi connectivity index (χ0v) is 28.5. The first-order valence-corrected chi connectivity index (χ1v) is 17.4. The molecule has 0 radical (unpaired) electrons. The predicted molar refractivity (Wildman–Crippen MR) is 187 cm³/mol. The van der Waals surface area contributed by atoms with E-state index < -0.39 is 15.7 Å². The van der Waals surface area contributed by atoms with E-state index in [0.717, 1.165) is 53.2 Å². The Bertz CT molecular complexity index is 1750. The molecule has 2 aliphatic rings. The number of aromatic nitrogens is 1. The van der Waals surface area contributed by atoms with Crippen LogP contribution in [-0.2, 0) is 24.1 Å². The summed E-state index contributed by atoms with van der Waals surface area (Å²) in [6.07, 6.45) is 0.412. The van der Waals surface area contributed by atoms with Crippen molar-refractivity contribution >= 4 is 16.9 Å². The van der Waals surface area contributed by atoms with E-state index in [4.69, 9.17) is 9.72 Å². The van der Waals surface area contributed by atoms with Gasteiger partial charge in [0, 0.05) is 57.0 Å². The number of carbonyl (C=O) groups is 1. The van der Waals surface area contributed by atoms with Gasteiger partial charge < -0.3 is 14.7 Å². The molecule has 4 aromatic rings. The zero-order valence-electron chi connectivity index (χ0n) is 27.7. The van der Waals surface area contributed by atoms with Crippen LogP contribution in [0.3, 0.4) is 0 Å². The molecule has 1 fully saturated rings. The second kappa shape index (κ2) is 14.1. The van der Waals surface area contributed by atoms with Crippen LogP contribution in [0.15, 0.2) is 84.9 Å². The standard InChI is InChI=1S/C38H44N4O4S/c1-38(2,3)47(45)42-26-31-24-33(37(44)41-19-17-40(18-20-41)25-27-10-6-5-7-11-27)39-36(35(31)34(42)16-21-43)30-14-8-12-28(22-30)29-13-9-15-32(23-29)46-4/h5-15,22-24,34,43H,16-21,25-26H2,1-4H3/t34-,47-/m1/s1. The number of piperazine rings is 1. The van der Waals surface area contributed by atoms with Gasteiger partial charge in [-0.1, -0.05) is 60.7 Å². The topological polar surface area (TPSA) is 86.2 Å². The summed E-state index contributed by atoms with van der Waals surface area (Å²) >= 11 is 0. The van der Waals surface area contributed by atoms with Crippen LogP contribution in [-0.4, -0.2) is 79.0 Å². The Kier molecular flexibility index (Phi) is 9.89. The number of rotatable bonds is 9. The van der Waals surface area contributed by atoms with Crippen molar-refractivity contribution < 1.29 is 18.8 Å². The molecular formula is C38H44N4O4S. The summed E-state index contributed by atoms with van der Waals surface area (Å²) in [5, 5.41) is 10.2. The van der Waals surface area contributed by atoms with Crippen molar-refractivity contribution in [1.82, 2.24) is 19.1 Å². The maximum Gasteiger partial charge on any atom is 0.272 e. The third-order valence-corrected chi connectivity index (χ3v) is 10.8. The van der Waals surface area contributed by atoms with Gasteiger partial charge in [0.05, 0.1) is 23.6 Å². The molecule has 2 atom stereocenters. The summed E-state index contributed by atoms with van der Waals surface area (Å²) in [6, 6.07) is 28.1. The van der Waals surface area contributed by atoms with Crippen LogP contribution in [0.5, 0.6) is 5.75 Å². The van der Waals surface area contributed by atoms with Gasteiger partial charge in [0.1, 0.15) is 22.4 Å². The van der Waals surface area contributed by atoms with Crippen LogP contribution in [0.2, 0.25) is 0 Å². The minimum Gasteiger partial charge on any atom is -0.497 e. The van der Waals surface area contributed by atoms with Crippen molar-refractivity contribution in [2.75, 3.05) is 39.9 Å². The first-order valence-electron chi connectivity index (χ1n) is 16.3. The van der Waals surface area contributed by atoms with Gasteiger partial charge in [-0.3, -0.25) is 9.69 Å². The van der Waals surface area contributed by atoms with E-state index in [2.05, 4.69) is 41.3 Å². The van der Waals surface area contributed by atoms with E-state index in [1.807, 2.05) is 78.5 Å². The smallest absolute Gasteiger partial charge is 0.272 e. The van der Waals surface area contributed by atoms with E-state index in [1.54, 1.807) is 7.11 Å². The molecule has 0 saturated carbocycles. The van der Waals surface area contributed by atoms with Gasteiger partial charge in [-0.25, -0.2) is 13.5 Å². The fourth-order valence-electron chi connectivity index (χ4n) is 6.56. The third-order valence-electron chi connectivity index (χ3n) is 8.96. The van der Waals surface area contributed by atoms with Crippen molar-refractivity contribution in [3.8, 4) is 28.1 Å². The molecule has 3 heterocycles. The van der Waals surface area contributed by atoms with E-state index in [1.165, 1.54) is 5.56 Å². The van der Waals surface area contributed by atoms with Crippen LogP contribution in [0.1, 0.15) is 60.4 Å². The van der Waals surface area contributed by atoms with E-state index in [0.29, 0.717) is 37.4 Å². The molecule has 246 valence electrons. The molecule has 6 rings (SSSR count). The van der Waals surface area contributed by atoms with Gasteiger partial charge >= 0.3 is 0 Å². The van der Waals surface area contributed by atoms with Crippen molar-refractivity contribution in [3.63, 3.8) is 0 Å². The Morgan fingerprint density at radius 2 is 1.60 bits per heavy atom. The van der Waals surface area contributed by atoms with E-state index in [-0.39, 0.29) is 18.6 Å². The number of hydrogen-bond donors (Lipinski definition) is 1. The molecule has 1 amide bonds. The second-order valence-corrected chi connectivity index (χ2v) is 15.5. The lowest BCUT2D eigenvalue weighted by molar-refractivity contribution is 0.0622. The summed E-state index contributed by atoms with van der Waals surface area (Å²) in [6.45, 7) is 9.94. The van der Waals surface area contributed by atoms with Crippen LogP contribution >= 0.6 is 0 Å². The Labute approximate surface area is 280 Å². The molecule has 0 bridgehead atoms. The van der Waals surface area contributed by atoms with Crippen molar-refractivity contribution in [3.05, 3.63) is 107 Å². The molecule has 1 saturated heterocycles. The molecule has 47 heavy (non-hydrogen) atoms. The molecular weight excluding hydrogens is 609 g/mol. The summed E-state index contributed by atoms with van der Waals surface area (Å²) in [5.74, 6) is 0.679. The zero-order chi connectivity index (χ0) is 33.1. The molecule has 1 N–H and O–H groups in total. The van der Waals surface area contributed by atoms with Crippen molar-refractivity contribution in [2.45, 2.75) is 51.1 Å². The average Bonchev–Trinajstić information content (AvgIpc) is 3.45. The molecule has 0 spiro atoms. The summed E-state index contributed by atoms with van der Waals surface area (Å²) in [5.41, 5.74) is 7.10. The first kappa shape index (κ1) is 33.0. The fraction of sp³-hybridized carbons (Fsp3) is 0.368. The lowest BCUT2D eigenvalue weighted by Crippen LogP contribution is -2.48. The number of fused-ring (bicyclic) bond motifs is 1.